The Hall–Kier alpha value is -4.28. The summed E-state index contributed by atoms with van der Waals surface area (Å²) in [6.07, 6.45) is 1.89. The number of thioether (sulfide) groups is 1. The summed E-state index contributed by atoms with van der Waals surface area (Å²) in [5.41, 5.74) is 6.28. The van der Waals surface area contributed by atoms with Crippen LogP contribution in [-0.4, -0.2) is 67.4 Å². The number of aryl methyl sites for hydroxylation is 2. The highest BCUT2D eigenvalue weighted by Gasteiger charge is 2.39. The highest BCUT2D eigenvalue weighted by molar-refractivity contribution is 8.00. The van der Waals surface area contributed by atoms with Gasteiger partial charge in [0.2, 0.25) is 11.8 Å². The van der Waals surface area contributed by atoms with Crippen molar-refractivity contribution in [2.45, 2.75) is 38.0 Å². The molecule has 0 spiro atoms. The van der Waals surface area contributed by atoms with E-state index in [0.717, 1.165) is 52.0 Å². The molecule has 1 fully saturated rings. The molecule has 2 aliphatic rings. The minimum Gasteiger partial charge on any atom is -0.497 e. The first-order valence-corrected chi connectivity index (χ1v) is 16.2. The second-order valence-corrected chi connectivity index (χ2v) is 12.5. The molecule has 9 nitrogen and oxygen atoms in total. The molecular formula is C35H38N4O5S. The van der Waals surface area contributed by atoms with E-state index in [9.17, 15) is 9.59 Å². The number of carbonyl (C=O) groups excluding carboxylic acids is 2. The number of aromatic nitrogens is 2. The van der Waals surface area contributed by atoms with Crippen molar-refractivity contribution >= 4 is 29.4 Å². The maximum atomic E-state index is 14.1. The Morgan fingerprint density at radius 3 is 2.60 bits per heavy atom. The lowest BCUT2D eigenvalue weighted by Gasteiger charge is -2.24. The fourth-order valence-electron chi connectivity index (χ4n) is 6.06. The van der Waals surface area contributed by atoms with Crippen molar-refractivity contribution < 1.29 is 23.8 Å². The Morgan fingerprint density at radius 2 is 1.89 bits per heavy atom. The number of nitrogens with zero attached hydrogens (tertiary/aromatic N) is 3. The fraction of sp³-hybridized carbons (Fsp3) is 0.343. The molecule has 0 unspecified atom stereocenters. The number of rotatable bonds is 9. The van der Waals surface area contributed by atoms with Crippen molar-refractivity contribution in [2.75, 3.05) is 44.6 Å². The van der Waals surface area contributed by atoms with Crippen molar-refractivity contribution in [3.05, 3.63) is 89.0 Å². The summed E-state index contributed by atoms with van der Waals surface area (Å²) < 4.78 is 19.0. The van der Waals surface area contributed by atoms with E-state index >= 15 is 0 Å². The minimum absolute atomic E-state index is 0.00442. The predicted octanol–water partition coefficient (Wildman–Crippen LogP) is 5.64. The van der Waals surface area contributed by atoms with E-state index in [0.29, 0.717) is 30.5 Å². The molecule has 10 heteroatoms. The molecule has 1 N–H and O–H groups in total. The molecule has 4 aromatic rings. The van der Waals surface area contributed by atoms with Crippen LogP contribution in [0.5, 0.6) is 11.5 Å². The van der Waals surface area contributed by atoms with E-state index in [-0.39, 0.29) is 35.5 Å². The van der Waals surface area contributed by atoms with Crippen LogP contribution in [-0.2, 0) is 14.3 Å². The zero-order valence-electron chi connectivity index (χ0n) is 26.0. The second kappa shape index (κ2) is 13.4. The molecule has 3 heterocycles. The average Bonchev–Trinajstić information content (AvgIpc) is 3.69. The molecule has 2 atom stereocenters. The van der Waals surface area contributed by atoms with Gasteiger partial charge in [-0.3, -0.25) is 14.5 Å². The Bertz CT molecular complexity index is 1700. The normalized spacial score (nSPS) is 18.0. The molecule has 6 rings (SSSR count). The Morgan fingerprint density at radius 1 is 1.07 bits per heavy atom. The van der Waals surface area contributed by atoms with Gasteiger partial charge in [0.1, 0.15) is 23.9 Å². The third-order valence-corrected chi connectivity index (χ3v) is 9.53. The molecule has 3 aromatic carbocycles. The lowest BCUT2D eigenvalue weighted by Crippen LogP contribution is -2.44. The van der Waals surface area contributed by atoms with E-state index in [4.69, 9.17) is 19.3 Å². The quantitative estimate of drug-likeness (QED) is 0.257. The molecule has 1 aromatic heterocycles. The van der Waals surface area contributed by atoms with E-state index in [1.165, 1.54) is 11.8 Å². The van der Waals surface area contributed by atoms with Crippen molar-refractivity contribution in [3.63, 3.8) is 0 Å². The third kappa shape index (κ3) is 6.30. The molecule has 2 amide bonds. The fourth-order valence-corrected chi connectivity index (χ4v) is 7.27. The standard InChI is InChI=1S/C35H38N4O5S/c1-22-12-14-28(23(2)17-22)39-35-32(33(37-39)24-9-6-5-7-10-24)34(27-18-25(42-3)13-15-29(27)43-4)45-21-31(41)38(35)20-30(40)36-19-26-11-8-16-44-26/h5-7,9-10,12-15,17-18,26,34H,8,11,16,19-21H2,1-4H3,(H,36,40)/t26-,34-/m1/s1. The maximum Gasteiger partial charge on any atom is 0.240 e. The highest BCUT2D eigenvalue weighted by atomic mass is 32.2. The average molecular weight is 627 g/mol. The largest absolute Gasteiger partial charge is 0.497 e. The van der Waals surface area contributed by atoms with Gasteiger partial charge in [-0.05, 0) is 56.5 Å². The van der Waals surface area contributed by atoms with Crippen LogP contribution < -0.4 is 19.7 Å². The first kappa shape index (κ1) is 30.7. The van der Waals surface area contributed by atoms with Gasteiger partial charge in [-0.15, -0.1) is 11.8 Å². The Balaban J connectivity index is 1.57. The SMILES string of the molecule is COc1ccc(OC)c([C@H]2SCC(=O)N(CC(=O)NC[C@H]3CCCO3)c3c2c(-c2ccccc2)nn3-c2ccc(C)cc2C)c1. The molecule has 234 valence electrons. The predicted molar refractivity (Wildman–Crippen MR) is 177 cm³/mol. The number of amides is 2. The van der Waals surface area contributed by atoms with E-state index < -0.39 is 0 Å². The number of carbonyl (C=O) groups is 2. The summed E-state index contributed by atoms with van der Waals surface area (Å²) in [5, 5.41) is 7.87. The number of fused-ring (bicyclic) bond motifs is 1. The summed E-state index contributed by atoms with van der Waals surface area (Å²) in [6.45, 7) is 5.06. The molecule has 0 saturated carbocycles. The summed E-state index contributed by atoms with van der Waals surface area (Å²) >= 11 is 1.49. The van der Waals surface area contributed by atoms with Gasteiger partial charge in [0, 0.05) is 29.8 Å². The molecule has 0 bridgehead atoms. The minimum atomic E-state index is -0.358. The van der Waals surface area contributed by atoms with Crippen LogP contribution in [0.2, 0.25) is 0 Å². The number of hydrogen-bond donors (Lipinski definition) is 1. The first-order valence-electron chi connectivity index (χ1n) is 15.2. The van der Waals surface area contributed by atoms with Gasteiger partial charge in [0.05, 0.1) is 42.7 Å². The zero-order valence-corrected chi connectivity index (χ0v) is 26.9. The number of nitrogens with one attached hydrogen (secondary N) is 1. The smallest absolute Gasteiger partial charge is 0.240 e. The van der Waals surface area contributed by atoms with Crippen LogP contribution in [0, 0.1) is 13.8 Å². The number of anilines is 1. The van der Waals surface area contributed by atoms with Crippen LogP contribution in [0.15, 0.2) is 66.7 Å². The molecular weight excluding hydrogens is 588 g/mol. The van der Waals surface area contributed by atoms with Gasteiger partial charge in [-0.2, -0.15) is 5.10 Å². The van der Waals surface area contributed by atoms with E-state index in [1.54, 1.807) is 19.1 Å². The molecule has 0 aliphatic carbocycles. The topological polar surface area (TPSA) is 94.9 Å². The second-order valence-electron chi connectivity index (χ2n) is 11.4. The van der Waals surface area contributed by atoms with Crippen LogP contribution in [0.1, 0.15) is 40.3 Å². The van der Waals surface area contributed by atoms with Crippen molar-refractivity contribution in [1.82, 2.24) is 15.1 Å². The zero-order chi connectivity index (χ0) is 31.5. The summed E-state index contributed by atoms with van der Waals surface area (Å²) in [4.78, 5) is 29.2. The third-order valence-electron chi connectivity index (χ3n) is 8.29. The number of benzene rings is 3. The number of ether oxygens (including phenoxy) is 3. The number of hydrogen-bond acceptors (Lipinski definition) is 7. The van der Waals surface area contributed by atoms with Gasteiger partial charge in [0.25, 0.3) is 0 Å². The molecule has 2 aliphatic heterocycles. The van der Waals surface area contributed by atoms with Crippen molar-refractivity contribution in [2.24, 2.45) is 0 Å². The summed E-state index contributed by atoms with van der Waals surface area (Å²) in [5.74, 6) is 1.65. The van der Waals surface area contributed by atoms with Gasteiger partial charge in [0.15, 0.2) is 0 Å². The van der Waals surface area contributed by atoms with Crippen molar-refractivity contribution in [1.29, 1.82) is 0 Å². The monoisotopic (exact) mass is 626 g/mol. The van der Waals surface area contributed by atoms with Crippen LogP contribution >= 0.6 is 11.8 Å². The van der Waals surface area contributed by atoms with E-state index in [2.05, 4.69) is 11.4 Å². The van der Waals surface area contributed by atoms with Gasteiger partial charge in [-0.1, -0.05) is 48.0 Å². The van der Waals surface area contributed by atoms with Gasteiger partial charge >= 0.3 is 0 Å². The molecule has 1 saturated heterocycles. The number of methoxy groups -OCH3 is 2. The first-order chi connectivity index (χ1) is 21.9. The Labute approximate surface area is 267 Å². The van der Waals surface area contributed by atoms with E-state index in [1.807, 2.05) is 79.2 Å². The maximum absolute atomic E-state index is 14.1. The molecule has 0 radical (unpaired) electrons. The van der Waals surface area contributed by atoms with Crippen LogP contribution in [0.4, 0.5) is 5.82 Å². The van der Waals surface area contributed by atoms with Gasteiger partial charge in [-0.25, -0.2) is 4.68 Å². The Kier molecular flexibility index (Phi) is 9.14. The van der Waals surface area contributed by atoms with Crippen LogP contribution in [0.3, 0.4) is 0 Å². The summed E-state index contributed by atoms with van der Waals surface area (Å²) in [6, 6.07) is 21.8. The highest BCUT2D eigenvalue weighted by Crippen LogP contribution is 2.51. The van der Waals surface area contributed by atoms with Gasteiger partial charge < -0.3 is 19.5 Å². The lowest BCUT2D eigenvalue weighted by atomic mass is 9.98. The summed E-state index contributed by atoms with van der Waals surface area (Å²) in [7, 11) is 3.27. The van der Waals surface area contributed by atoms with Crippen molar-refractivity contribution in [3.8, 4) is 28.4 Å². The lowest BCUT2D eigenvalue weighted by molar-refractivity contribution is -0.123. The molecule has 45 heavy (non-hydrogen) atoms. The van der Waals surface area contributed by atoms with Crippen LogP contribution in [0.25, 0.3) is 16.9 Å².